The lowest BCUT2D eigenvalue weighted by Gasteiger charge is -2.20. The lowest BCUT2D eigenvalue weighted by Crippen LogP contribution is -3.06. The summed E-state index contributed by atoms with van der Waals surface area (Å²) in [6, 6.07) is 8.92. The van der Waals surface area contributed by atoms with Crippen LogP contribution in [-0.4, -0.2) is 36.8 Å². The maximum absolute atomic E-state index is 11.8. The molecule has 1 fully saturated rings. The normalized spacial score (nSPS) is 20.4. The van der Waals surface area contributed by atoms with Gasteiger partial charge in [0.25, 0.3) is 0 Å². The van der Waals surface area contributed by atoms with E-state index in [1.165, 1.54) is 21.6 Å². The van der Waals surface area contributed by atoms with Gasteiger partial charge in [0.2, 0.25) is 0 Å². The van der Waals surface area contributed by atoms with Crippen LogP contribution in [0.2, 0.25) is 0 Å². The Morgan fingerprint density at radius 2 is 1.79 bits per heavy atom. The van der Waals surface area contributed by atoms with Gasteiger partial charge >= 0.3 is 0 Å². The summed E-state index contributed by atoms with van der Waals surface area (Å²) in [7, 11) is -0.706. The van der Waals surface area contributed by atoms with Crippen molar-refractivity contribution in [1.29, 1.82) is 0 Å². The molecule has 2 aromatic rings. The zero-order chi connectivity index (χ0) is 20.7. The molecule has 5 nitrogen and oxygen atoms in total. The summed E-state index contributed by atoms with van der Waals surface area (Å²) in [4.78, 5) is 1.40. The summed E-state index contributed by atoms with van der Waals surface area (Å²) in [5.74, 6) is 0.498. The SMILES string of the molecule is Cc1nn([C@H]2CCS(=O)(=O)C2)c(C)c1C[NH+](C)Cc1ccc(C(C)(C)C)cc1. The fraction of sp³-hybridized carbons (Fsp3) is 0.591. The molecule has 1 aromatic heterocycles. The van der Waals surface area contributed by atoms with Gasteiger partial charge < -0.3 is 4.90 Å². The molecule has 0 radical (unpaired) electrons. The molecule has 3 rings (SSSR count). The van der Waals surface area contributed by atoms with E-state index in [9.17, 15) is 8.42 Å². The van der Waals surface area contributed by atoms with Crippen LogP contribution in [0.3, 0.4) is 0 Å². The van der Waals surface area contributed by atoms with Gasteiger partial charge in [-0.2, -0.15) is 5.10 Å². The van der Waals surface area contributed by atoms with E-state index in [0.717, 1.165) is 24.5 Å². The van der Waals surface area contributed by atoms with Crippen LogP contribution in [0.5, 0.6) is 0 Å². The Balaban J connectivity index is 1.70. The van der Waals surface area contributed by atoms with Crippen molar-refractivity contribution >= 4 is 9.84 Å². The van der Waals surface area contributed by atoms with E-state index in [1.807, 2.05) is 11.6 Å². The molecule has 6 heteroatoms. The quantitative estimate of drug-likeness (QED) is 0.832. The van der Waals surface area contributed by atoms with Gasteiger partial charge in [-0.15, -0.1) is 0 Å². The van der Waals surface area contributed by atoms with Gasteiger partial charge in [-0.3, -0.25) is 4.68 Å². The third-order valence-corrected chi connectivity index (χ3v) is 7.58. The van der Waals surface area contributed by atoms with Crippen LogP contribution in [0.25, 0.3) is 0 Å². The van der Waals surface area contributed by atoms with Crippen molar-refractivity contribution in [3.8, 4) is 0 Å². The van der Waals surface area contributed by atoms with Crippen molar-refractivity contribution in [3.63, 3.8) is 0 Å². The molecule has 1 aliphatic rings. The highest BCUT2D eigenvalue weighted by atomic mass is 32.2. The van der Waals surface area contributed by atoms with Gasteiger partial charge in [-0.25, -0.2) is 8.42 Å². The van der Waals surface area contributed by atoms with Crippen LogP contribution in [0.15, 0.2) is 24.3 Å². The number of nitrogens with one attached hydrogen (secondary N) is 1. The van der Waals surface area contributed by atoms with Crippen LogP contribution >= 0.6 is 0 Å². The fourth-order valence-electron chi connectivity index (χ4n) is 4.11. The van der Waals surface area contributed by atoms with Gasteiger partial charge in [0.1, 0.15) is 13.1 Å². The van der Waals surface area contributed by atoms with Gasteiger partial charge in [0.15, 0.2) is 9.84 Å². The van der Waals surface area contributed by atoms with Crippen LogP contribution < -0.4 is 4.90 Å². The standard InChI is InChI=1S/C22H33N3O2S/c1-16-21(17(2)25(23-16)20-11-12-28(26,27)15-20)14-24(6)13-18-7-9-19(10-8-18)22(3,4)5/h7-10,20H,11-15H2,1-6H3/p+1/t20-/m0/s1. The van der Waals surface area contributed by atoms with Gasteiger partial charge in [0, 0.05) is 11.3 Å². The number of benzene rings is 1. The topological polar surface area (TPSA) is 56.4 Å². The second-order valence-corrected chi connectivity index (χ2v) is 11.6. The minimum absolute atomic E-state index is 0.0114. The van der Waals surface area contributed by atoms with Crippen molar-refractivity contribution < 1.29 is 13.3 Å². The van der Waals surface area contributed by atoms with Crippen molar-refractivity contribution in [2.24, 2.45) is 0 Å². The van der Waals surface area contributed by atoms with E-state index < -0.39 is 9.84 Å². The highest BCUT2D eigenvalue weighted by Gasteiger charge is 2.31. The molecular formula is C22H34N3O2S+. The predicted molar refractivity (Wildman–Crippen MR) is 113 cm³/mol. The van der Waals surface area contributed by atoms with Gasteiger partial charge in [0.05, 0.1) is 35.9 Å². The molecule has 0 spiro atoms. The van der Waals surface area contributed by atoms with E-state index in [-0.39, 0.29) is 23.0 Å². The van der Waals surface area contributed by atoms with Gasteiger partial charge in [-0.1, -0.05) is 45.0 Å². The average molecular weight is 405 g/mol. The Morgan fingerprint density at radius 1 is 1.14 bits per heavy atom. The van der Waals surface area contributed by atoms with Crippen LogP contribution in [-0.2, 0) is 28.3 Å². The minimum atomic E-state index is -2.91. The third kappa shape index (κ3) is 4.66. The summed E-state index contributed by atoms with van der Waals surface area (Å²) >= 11 is 0. The average Bonchev–Trinajstić information content (AvgIpc) is 3.08. The summed E-state index contributed by atoms with van der Waals surface area (Å²) in [6.45, 7) is 12.7. The first kappa shape index (κ1) is 21.1. The molecule has 1 aliphatic heterocycles. The van der Waals surface area contributed by atoms with Crippen LogP contribution in [0, 0.1) is 13.8 Å². The molecule has 28 heavy (non-hydrogen) atoms. The number of hydrogen-bond acceptors (Lipinski definition) is 3. The number of nitrogens with zero attached hydrogens (tertiary/aromatic N) is 2. The minimum Gasteiger partial charge on any atom is -0.330 e. The summed E-state index contributed by atoms with van der Waals surface area (Å²) in [5.41, 5.74) is 6.23. The van der Waals surface area contributed by atoms with Crippen molar-refractivity contribution in [2.75, 3.05) is 18.6 Å². The van der Waals surface area contributed by atoms with E-state index in [2.05, 4.69) is 59.0 Å². The fourth-order valence-corrected chi connectivity index (χ4v) is 5.80. The van der Waals surface area contributed by atoms with Crippen molar-refractivity contribution in [3.05, 3.63) is 52.3 Å². The molecule has 1 aromatic carbocycles. The van der Waals surface area contributed by atoms with Crippen molar-refractivity contribution in [2.45, 2.75) is 65.6 Å². The smallest absolute Gasteiger partial charge is 0.152 e. The zero-order valence-electron chi connectivity index (χ0n) is 18.0. The number of sulfone groups is 1. The second kappa shape index (κ2) is 7.64. The van der Waals surface area contributed by atoms with E-state index >= 15 is 0 Å². The Labute approximate surface area is 169 Å². The highest BCUT2D eigenvalue weighted by Crippen LogP contribution is 2.26. The molecule has 1 saturated heterocycles. The van der Waals surface area contributed by atoms with E-state index in [0.29, 0.717) is 6.42 Å². The van der Waals surface area contributed by atoms with Gasteiger partial charge in [-0.05, 0) is 31.2 Å². The summed E-state index contributed by atoms with van der Waals surface area (Å²) in [5, 5.41) is 4.70. The molecular weight excluding hydrogens is 370 g/mol. The number of aromatic nitrogens is 2. The molecule has 2 heterocycles. The Bertz CT molecular complexity index is 937. The number of aryl methyl sites for hydroxylation is 1. The molecule has 154 valence electrons. The lowest BCUT2D eigenvalue weighted by molar-refractivity contribution is -0.907. The van der Waals surface area contributed by atoms with Crippen LogP contribution in [0.4, 0.5) is 0 Å². The highest BCUT2D eigenvalue weighted by molar-refractivity contribution is 7.91. The van der Waals surface area contributed by atoms with E-state index in [1.54, 1.807) is 0 Å². The largest absolute Gasteiger partial charge is 0.330 e. The Hall–Kier alpha value is -1.66. The monoisotopic (exact) mass is 404 g/mol. The molecule has 1 N–H and O–H groups in total. The first-order valence-electron chi connectivity index (χ1n) is 10.1. The number of quaternary nitrogens is 1. The second-order valence-electron chi connectivity index (χ2n) is 9.41. The van der Waals surface area contributed by atoms with Crippen LogP contribution in [0.1, 0.15) is 61.3 Å². The predicted octanol–water partition coefficient (Wildman–Crippen LogP) is 2.37. The molecule has 2 atom stereocenters. The molecule has 0 bridgehead atoms. The summed E-state index contributed by atoms with van der Waals surface area (Å²) < 4.78 is 25.6. The molecule has 0 aliphatic carbocycles. The maximum Gasteiger partial charge on any atom is 0.152 e. The van der Waals surface area contributed by atoms with Crippen molar-refractivity contribution in [1.82, 2.24) is 9.78 Å². The maximum atomic E-state index is 11.8. The number of hydrogen-bond donors (Lipinski definition) is 1. The third-order valence-electron chi connectivity index (χ3n) is 5.83. The first-order valence-corrected chi connectivity index (χ1v) is 11.9. The molecule has 0 saturated carbocycles. The lowest BCUT2D eigenvalue weighted by atomic mass is 9.87. The van der Waals surface area contributed by atoms with E-state index in [4.69, 9.17) is 5.10 Å². The number of rotatable bonds is 5. The zero-order valence-corrected chi connectivity index (χ0v) is 18.9. The molecule has 1 unspecified atom stereocenters. The Morgan fingerprint density at radius 3 is 2.32 bits per heavy atom. The molecule has 0 amide bonds. The first-order chi connectivity index (χ1) is 13.0. The summed E-state index contributed by atoms with van der Waals surface area (Å²) in [6.07, 6.45) is 0.673. The Kier molecular flexibility index (Phi) is 5.74.